The molecule has 0 spiro atoms. The van der Waals surface area contributed by atoms with E-state index in [4.69, 9.17) is 4.74 Å². The van der Waals surface area contributed by atoms with Gasteiger partial charge in [-0.05, 0) is 23.6 Å². The van der Waals surface area contributed by atoms with Crippen LogP contribution in [0.5, 0.6) is 0 Å². The SMILES string of the molecule is CNc1ccccc1C(=O)OCc1nc2ccsc2c(=O)[nH]1. The van der Waals surface area contributed by atoms with Crippen LogP contribution >= 0.6 is 11.3 Å². The summed E-state index contributed by atoms with van der Waals surface area (Å²) < 4.78 is 5.79. The smallest absolute Gasteiger partial charge is 0.340 e. The minimum absolute atomic E-state index is 0.0854. The van der Waals surface area contributed by atoms with Gasteiger partial charge in [-0.2, -0.15) is 0 Å². The summed E-state index contributed by atoms with van der Waals surface area (Å²) in [5, 5.41) is 4.73. The summed E-state index contributed by atoms with van der Waals surface area (Å²) in [6.45, 7) is -0.0854. The van der Waals surface area contributed by atoms with Gasteiger partial charge in [0.1, 0.15) is 17.1 Å². The number of rotatable bonds is 4. The van der Waals surface area contributed by atoms with Gasteiger partial charge in [0.15, 0.2) is 0 Å². The van der Waals surface area contributed by atoms with Crippen LogP contribution in [0.25, 0.3) is 10.2 Å². The number of aromatic nitrogens is 2. The number of aromatic amines is 1. The number of esters is 1. The topological polar surface area (TPSA) is 84.1 Å². The molecule has 2 heterocycles. The first-order valence-electron chi connectivity index (χ1n) is 6.59. The number of benzene rings is 1. The Bertz CT molecular complexity index is 885. The van der Waals surface area contributed by atoms with Crippen molar-refractivity contribution in [1.29, 1.82) is 0 Å². The Kier molecular flexibility index (Phi) is 3.88. The predicted molar refractivity (Wildman–Crippen MR) is 85.3 cm³/mol. The predicted octanol–water partition coefficient (Wildman–Crippen LogP) is 2.38. The van der Waals surface area contributed by atoms with Gasteiger partial charge in [0.05, 0.1) is 11.1 Å². The van der Waals surface area contributed by atoms with Crippen molar-refractivity contribution in [3.05, 3.63) is 57.5 Å². The molecule has 0 bridgehead atoms. The van der Waals surface area contributed by atoms with Crippen molar-refractivity contribution < 1.29 is 9.53 Å². The van der Waals surface area contributed by atoms with E-state index >= 15 is 0 Å². The van der Waals surface area contributed by atoms with Gasteiger partial charge < -0.3 is 15.0 Å². The van der Waals surface area contributed by atoms with E-state index in [1.54, 1.807) is 36.7 Å². The highest BCUT2D eigenvalue weighted by molar-refractivity contribution is 7.17. The summed E-state index contributed by atoms with van der Waals surface area (Å²) in [4.78, 5) is 30.8. The van der Waals surface area contributed by atoms with Crippen molar-refractivity contribution in [2.45, 2.75) is 6.61 Å². The van der Waals surface area contributed by atoms with Crippen molar-refractivity contribution in [3.8, 4) is 0 Å². The van der Waals surface area contributed by atoms with Crippen LogP contribution in [0, 0.1) is 0 Å². The number of fused-ring (bicyclic) bond motifs is 1. The first-order chi connectivity index (χ1) is 10.7. The number of thiophene rings is 1. The summed E-state index contributed by atoms with van der Waals surface area (Å²) in [7, 11) is 1.73. The zero-order chi connectivity index (χ0) is 15.5. The van der Waals surface area contributed by atoms with Crippen LogP contribution in [0.3, 0.4) is 0 Å². The molecule has 0 aliphatic heterocycles. The molecular formula is C15H13N3O3S. The van der Waals surface area contributed by atoms with Crippen molar-refractivity contribution in [3.63, 3.8) is 0 Å². The van der Waals surface area contributed by atoms with Gasteiger partial charge >= 0.3 is 5.97 Å². The third kappa shape index (κ3) is 2.71. The van der Waals surface area contributed by atoms with Crippen molar-refractivity contribution in [1.82, 2.24) is 9.97 Å². The molecule has 0 saturated heterocycles. The molecular weight excluding hydrogens is 302 g/mol. The zero-order valence-corrected chi connectivity index (χ0v) is 12.6. The molecule has 2 N–H and O–H groups in total. The van der Waals surface area contributed by atoms with Gasteiger partial charge in [-0.25, -0.2) is 9.78 Å². The molecule has 22 heavy (non-hydrogen) atoms. The highest BCUT2D eigenvalue weighted by Crippen LogP contribution is 2.17. The average Bonchev–Trinajstić information content (AvgIpc) is 3.01. The van der Waals surface area contributed by atoms with Gasteiger partial charge in [0.25, 0.3) is 5.56 Å². The second kappa shape index (κ2) is 5.98. The molecule has 7 heteroatoms. The van der Waals surface area contributed by atoms with E-state index in [1.165, 1.54) is 11.3 Å². The highest BCUT2D eigenvalue weighted by Gasteiger charge is 2.13. The van der Waals surface area contributed by atoms with E-state index in [2.05, 4.69) is 15.3 Å². The van der Waals surface area contributed by atoms with Crippen LogP contribution in [-0.2, 0) is 11.3 Å². The molecule has 0 fully saturated rings. The van der Waals surface area contributed by atoms with E-state index in [1.807, 2.05) is 6.07 Å². The highest BCUT2D eigenvalue weighted by atomic mass is 32.1. The Hall–Kier alpha value is -2.67. The number of anilines is 1. The lowest BCUT2D eigenvalue weighted by molar-refractivity contribution is 0.0463. The maximum atomic E-state index is 12.1. The largest absolute Gasteiger partial charge is 0.454 e. The van der Waals surface area contributed by atoms with Crippen LogP contribution in [-0.4, -0.2) is 23.0 Å². The van der Waals surface area contributed by atoms with E-state index in [-0.39, 0.29) is 12.2 Å². The van der Waals surface area contributed by atoms with Gasteiger partial charge in [-0.3, -0.25) is 4.79 Å². The summed E-state index contributed by atoms with van der Waals surface area (Å²) in [6, 6.07) is 8.80. The Balaban J connectivity index is 1.78. The number of para-hydroxylation sites is 1. The number of ether oxygens (including phenoxy) is 1. The van der Waals surface area contributed by atoms with Gasteiger partial charge in [-0.1, -0.05) is 12.1 Å². The molecule has 6 nitrogen and oxygen atoms in total. The normalized spacial score (nSPS) is 10.6. The fraction of sp³-hybridized carbons (Fsp3) is 0.133. The fourth-order valence-corrected chi connectivity index (χ4v) is 2.81. The van der Waals surface area contributed by atoms with Gasteiger partial charge in [-0.15, -0.1) is 11.3 Å². The standard InChI is InChI=1S/C15H13N3O3S/c1-16-10-5-3-2-4-9(10)15(20)21-8-12-17-11-6-7-22-13(11)14(19)18-12/h2-7,16H,8H2,1H3,(H,17,18,19). The zero-order valence-electron chi connectivity index (χ0n) is 11.8. The number of nitrogens with zero attached hydrogens (tertiary/aromatic N) is 1. The van der Waals surface area contributed by atoms with Crippen molar-refractivity contribution >= 4 is 33.2 Å². The van der Waals surface area contributed by atoms with Crippen molar-refractivity contribution in [2.75, 3.05) is 12.4 Å². The molecule has 0 aliphatic rings. The van der Waals surface area contributed by atoms with Gasteiger partial charge in [0, 0.05) is 12.7 Å². The summed E-state index contributed by atoms with van der Waals surface area (Å²) >= 11 is 1.33. The lowest BCUT2D eigenvalue weighted by Gasteiger charge is -2.08. The number of nitrogens with one attached hydrogen (secondary N) is 2. The Morgan fingerprint density at radius 2 is 2.18 bits per heavy atom. The molecule has 0 radical (unpaired) electrons. The minimum atomic E-state index is -0.474. The second-order valence-corrected chi connectivity index (χ2v) is 5.44. The maximum absolute atomic E-state index is 12.1. The van der Waals surface area contributed by atoms with E-state index in [0.29, 0.717) is 27.3 Å². The van der Waals surface area contributed by atoms with Crippen LogP contribution in [0.4, 0.5) is 5.69 Å². The molecule has 0 unspecified atom stereocenters. The molecule has 1 aromatic carbocycles. The lowest BCUT2D eigenvalue weighted by atomic mass is 10.2. The maximum Gasteiger partial charge on any atom is 0.340 e. The van der Waals surface area contributed by atoms with E-state index in [0.717, 1.165) is 0 Å². The number of hydrogen-bond donors (Lipinski definition) is 2. The average molecular weight is 315 g/mol. The number of H-pyrrole nitrogens is 1. The third-order valence-corrected chi connectivity index (χ3v) is 4.02. The quantitative estimate of drug-likeness (QED) is 0.722. The molecule has 2 aromatic heterocycles. The Morgan fingerprint density at radius 3 is 3.00 bits per heavy atom. The molecule has 0 aliphatic carbocycles. The summed E-state index contributed by atoms with van der Waals surface area (Å²) in [6.07, 6.45) is 0. The van der Waals surface area contributed by atoms with Crippen LogP contribution in [0.2, 0.25) is 0 Å². The Labute approximate surface area is 129 Å². The molecule has 112 valence electrons. The molecule has 3 aromatic rings. The van der Waals surface area contributed by atoms with Crippen molar-refractivity contribution in [2.24, 2.45) is 0 Å². The Morgan fingerprint density at radius 1 is 1.36 bits per heavy atom. The van der Waals surface area contributed by atoms with Crippen LogP contribution < -0.4 is 10.9 Å². The van der Waals surface area contributed by atoms with E-state index < -0.39 is 5.97 Å². The number of carbonyl (C=O) groups is 1. The fourth-order valence-electron chi connectivity index (χ4n) is 2.08. The summed E-state index contributed by atoms with van der Waals surface area (Å²) in [5.74, 6) is -0.149. The minimum Gasteiger partial charge on any atom is -0.454 e. The lowest BCUT2D eigenvalue weighted by Crippen LogP contribution is -2.14. The molecule has 0 saturated carbocycles. The molecule has 3 rings (SSSR count). The first-order valence-corrected chi connectivity index (χ1v) is 7.47. The third-order valence-electron chi connectivity index (χ3n) is 3.12. The molecule has 0 atom stereocenters. The van der Waals surface area contributed by atoms with Crippen LogP contribution in [0.15, 0.2) is 40.5 Å². The first kappa shape index (κ1) is 14.3. The summed E-state index contributed by atoms with van der Waals surface area (Å²) in [5.41, 5.74) is 1.50. The number of hydrogen-bond acceptors (Lipinski definition) is 6. The van der Waals surface area contributed by atoms with Gasteiger partial charge in [0.2, 0.25) is 0 Å². The molecule has 0 amide bonds. The van der Waals surface area contributed by atoms with E-state index in [9.17, 15) is 9.59 Å². The monoisotopic (exact) mass is 315 g/mol. The van der Waals surface area contributed by atoms with Crippen LogP contribution in [0.1, 0.15) is 16.2 Å². The number of carbonyl (C=O) groups excluding carboxylic acids is 1. The second-order valence-electron chi connectivity index (χ2n) is 4.52.